The molecule has 2 aliphatic rings. The molecule has 3 heterocycles. The standard InChI is InChI=1S/C10H11Cl2N3.ClH/c11-8-1-7(3-14-10(8)12)15-4-6-2-13-9(6)5-15;/h1,3,6,9,13H,2,4-5H2;1H/t6-,9+;/m0./s1. The van der Waals surface area contributed by atoms with E-state index in [1.165, 1.54) is 0 Å². The van der Waals surface area contributed by atoms with Crippen molar-refractivity contribution in [1.29, 1.82) is 0 Å². The summed E-state index contributed by atoms with van der Waals surface area (Å²) in [6.07, 6.45) is 1.79. The van der Waals surface area contributed by atoms with Gasteiger partial charge in [0, 0.05) is 31.6 Å². The molecule has 2 aliphatic heterocycles. The molecule has 0 bridgehead atoms. The normalized spacial score (nSPS) is 27.0. The predicted octanol–water partition coefficient (Wildman–Crippen LogP) is 2.22. The van der Waals surface area contributed by atoms with Gasteiger partial charge in [-0.25, -0.2) is 4.98 Å². The summed E-state index contributed by atoms with van der Waals surface area (Å²) in [5, 5.41) is 4.32. The van der Waals surface area contributed by atoms with Crippen molar-refractivity contribution in [2.45, 2.75) is 6.04 Å². The summed E-state index contributed by atoms with van der Waals surface area (Å²) in [5.74, 6) is 0.791. The Morgan fingerprint density at radius 3 is 2.69 bits per heavy atom. The van der Waals surface area contributed by atoms with Gasteiger partial charge in [-0.1, -0.05) is 23.2 Å². The third-order valence-electron chi connectivity index (χ3n) is 3.23. The Morgan fingerprint density at radius 2 is 2.19 bits per heavy atom. The van der Waals surface area contributed by atoms with Gasteiger partial charge in [0.2, 0.25) is 0 Å². The lowest BCUT2D eigenvalue weighted by atomic mass is 9.96. The Balaban J connectivity index is 0.000000963. The van der Waals surface area contributed by atoms with Crippen molar-refractivity contribution in [2.24, 2.45) is 5.92 Å². The van der Waals surface area contributed by atoms with Gasteiger partial charge < -0.3 is 10.2 Å². The molecule has 2 fully saturated rings. The maximum Gasteiger partial charge on any atom is 0.147 e. The lowest BCUT2D eigenvalue weighted by Gasteiger charge is -2.29. The van der Waals surface area contributed by atoms with Crippen LogP contribution >= 0.6 is 35.6 Å². The quantitative estimate of drug-likeness (QED) is 0.800. The summed E-state index contributed by atoms with van der Waals surface area (Å²) in [4.78, 5) is 6.38. The van der Waals surface area contributed by atoms with Gasteiger partial charge in [-0.05, 0) is 6.07 Å². The van der Waals surface area contributed by atoms with E-state index in [4.69, 9.17) is 23.2 Å². The topological polar surface area (TPSA) is 28.2 Å². The smallest absolute Gasteiger partial charge is 0.147 e. The number of fused-ring (bicyclic) bond motifs is 1. The average Bonchev–Trinajstić information content (AvgIpc) is 2.48. The number of nitrogens with zero attached hydrogens (tertiary/aromatic N) is 2. The number of rotatable bonds is 1. The molecule has 0 saturated carbocycles. The van der Waals surface area contributed by atoms with E-state index < -0.39 is 0 Å². The molecular formula is C10H12Cl3N3. The highest BCUT2D eigenvalue weighted by atomic mass is 35.5. The SMILES string of the molecule is Cl.Clc1cc(N2C[C@@H]3CN[C@@H]3C2)cnc1Cl. The Bertz CT molecular complexity index is 387. The van der Waals surface area contributed by atoms with Crippen LogP contribution in [0.1, 0.15) is 0 Å². The van der Waals surface area contributed by atoms with Crippen molar-refractivity contribution in [3.63, 3.8) is 0 Å². The van der Waals surface area contributed by atoms with Gasteiger partial charge in [-0.2, -0.15) is 0 Å². The highest BCUT2D eigenvalue weighted by Crippen LogP contribution is 2.30. The van der Waals surface area contributed by atoms with Gasteiger partial charge in [0.05, 0.1) is 16.9 Å². The van der Waals surface area contributed by atoms with Crippen LogP contribution in [0.2, 0.25) is 10.2 Å². The highest BCUT2D eigenvalue weighted by Gasteiger charge is 2.39. The molecule has 3 nitrogen and oxygen atoms in total. The van der Waals surface area contributed by atoms with Gasteiger partial charge in [0.25, 0.3) is 0 Å². The first kappa shape index (κ1) is 12.2. The number of hydrogen-bond donors (Lipinski definition) is 1. The zero-order chi connectivity index (χ0) is 10.4. The minimum atomic E-state index is 0. The number of pyridine rings is 1. The minimum Gasteiger partial charge on any atom is -0.368 e. The summed E-state index contributed by atoms with van der Waals surface area (Å²) >= 11 is 11.7. The molecule has 3 rings (SSSR count). The summed E-state index contributed by atoms with van der Waals surface area (Å²) in [6.45, 7) is 3.28. The van der Waals surface area contributed by atoms with Crippen LogP contribution in [0.3, 0.4) is 0 Å². The van der Waals surface area contributed by atoms with E-state index in [1.54, 1.807) is 6.20 Å². The highest BCUT2D eigenvalue weighted by molar-refractivity contribution is 6.41. The fraction of sp³-hybridized carbons (Fsp3) is 0.500. The third-order valence-corrected chi connectivity index (χ3v) is 3.92. The molecule has 0 radical (unpaired) electrons. The van der Waals surface area contributed by atoms with Crippen LogP contribution in [0.5, 0.6) is 0 Å². The second-order valence-electron chi connectivity index (χ2n) is 4.15. The van der Waals surface area contributed by atoms with E-state index in [1.807, 2.05) is 6.07 Å². The molecule has 16 heavy (non-hydrogen) atoms. The number of anilines is 1. The summed E-state index contributed by atoms with van der Waals surface area (Å²) in [5.41, 5.74) is 1.07. The van der Waals surface area contributed by atoms with E-state index in [0.29, 0.717) is 16.2 Å². The maximum atomic E-state index is 5.94. The molecule has 1 aromatic rings. The van der Waals surface area contributed by atoms with E-state index in [9.17, 15) is 0 Å². The number of hydrogen-bond acceptors (Lipinski definition) is 3. The van der Waals surface area contributed by atoms with E-state index >= 15 is 0 Å². The van der Waals surface area contributed by atoms with E-state index in [2.05, 4.69) is 15.2 Å². The van der Waals surface area contributed by atoms with E-state index in [-0.39, 0.29) is 12.4 Å². The van der Waals surface area contributed by atoms with Crippen LogP contribution in [0.4, 0.5) is 5.69 Å². The largest absolute Gasteiger partial charge is 0.368 e. The first-order chi connectivity index (χ1) is 7.24. The molecule has 0 amide bonds. The van der Waals surface area contributed by atoms with Gasteiger partial charge >= 0.3 is 0 Å². The number of aromatic nitrogens is 1. The Hall–Kier alpha value is -0.220. The molecule has 1 aromatic heterocycles. The van der Waals surface area contributed by atoms with Gasteiger partial charge in [0.15, 0.2) is 0 Å². The molecule has 0 aliphatic carbocycles. The molecule has 0 spiro atoms. The molecule has 2 atom stereocenters. The minimum absolute atomic E-state index is 0. The van der Waals surface area contributed by atoms with Crippen molar-refractivity contribution in [1.82, 2.24) is 10.3 Å². The van der Waals surface area contributed by atoms with Crippen LogP contribution in [-0.4, -0.2) is 30.7 Å². The van der Waals surface area contributed by atoms with Crippen LogP contribution in [0.15, 0.2) is 12.3 Å². The predicted molar refractivity (Wildman–Crippen MR) is 69.0 cm³/mol. The van der Waals surface area contributed by atoms with Crippen molar-refractivity contribution >= 4 is 41.3 Å². The first-order valence-corrected chi connectivity index (χ1v) is 5.79. The van der Waals surface area contributed by atoms with Crippen molar-refractivity contribution in [3.8, 4) is 0 Å². The molecule has 1 N–H and O–H groups in total. The fourth-order valence-electron chi connectivity index (χ4n) is 2.25. The van der Waals surface area contributed by atoms with Crippen LogP contribution in [0, 0.1) is 5.92 Å². The van der Waals surface area contributed by atoms with Gasteiger partial charge in [-0.3, -0.25) is 0 Å². The molecule has 0 unspecified atom stereocenters. The lowest BCUT2D eigenvalue weighted by Crippen LogP contribution is -2.51. The van der Waals surface area contributed by atoms with Crippen molar-refractivity contribution in [3.05, 3.63) is 22.4 Å². The second kappa shape index (κ2) is 4.57. The monoisotopic (exact) mass is 279 g/mol. The third kappa shape index (κ3) is 1.97. The zero-order valence-corrected chi connectivity index (χ0v) is 10.8. The Kier molecular flexibility index (Phi) is 3.50. The zero-order valence-electron chi connectivity index (χ0n) is 8.49. The molecule has 2 saturated heterocycles. The Labute approximate surface area is 111 Å². The van der Waals surface area contributed by atoms with Crippen LogP contribution < -0.4 is 10.2 Å². The van der Waals surface area contributed by atoms with Crippen LogP contribution in [-0.2, 0) is 0 Å². The fourth-order valence-corrected chi connectivity index (χ4v) is 2.51. The van der Waals surface area contributed by atoms with Crippen LogP contribution in [0.25, 0.3) is 0 Å². The van der Waals surface area contributed by atoms with E-state index in [0.717, 1.165) is 31.2 Å². The maximum absolute atomic E-state index is 5.94. The number of nitrogens with one attached hydrogen (secondary N) is 1. The number of halogens is 3. The van der Waals surface area contributed by atoms with Crippen molar-refractivity contribution in [2.75, 3.05) is 24.5 Å². The second-order valence-corrected chi connectivity index (χ2v) is 4.91. The molecular weight excluding hydrogens is 268 g/mol. The Morgan fingerprint density at radius 1 is 1.38 bits per heavy atom. The first-order valence-electron chi connectivity index (χ1n) is 5.03. The van der Waals surface area contributed by atoms with Crippen molar-refractivity contribution < 1.29 is 0 Å². The molecule has 0 aromatic carbocycles. The van der Waals surface area contributed by atoms with Gasteiger partial charge in [-0.15, -0.1) is 12.4 Å². The average molecular weight is 281 g/mol. The lowest BCUT2D eigenvalue weighted by molar-refractivity contribution is 0.297. The summed E-state index contributed by atoms with van der Waals surface area (Å²) in [6, 6.07) is 2.54. The summed E-state index contributed by atoms with van der Waals surface area (Å²) in [7, 11) is 0. The molecule has 88 valence electrons. The summed E-state index contributed by atoms with van der Waals surface area (Å²) < 4.78 is 0. The van der Waals surface area contributed by atoms with Gasteiger partial charge in [0.1, 0.15) is 5.15 Å². The molecule has 6 heteroatoms.